The molecule has 25 heavy (non-hydrogen) atoms. The van der Waals surface area contributed by atoms with E-state index in [0.717, 1.165) is 20.8 Å². The van der Waals surface area contributed by atoms with E-state index in [2.05, 4.69) is 4.98 Å². The summed E-state index contributed by atoms with van der Waals surface area (Å²) in [6, 6.07) is 13.3. The molecule has 0 aliphatic heterocycles. The molecular weight excluding hydrogens is 356 g/mol. The monoisotopic (exact) mass is 374 g/mol. The van der Waals surface area contributed by atoms with E-state index in [1.54, 1.807) is 29.4 Å². The van der Waals surface area contributed by atoms with Crippen LogP contribution in [0.4, 0.5) is 0 Å². The molecule has 4 nitrogen and oxygen atoms in total. The van der Waals surface area contributed by atoms with Crippen molar-refractivity contribution in [3.05, 3.63) is 58.1 Å². The Morgan fingerprint density at radius 2 is 2.08 bits per heavy atom. The minimum Gasteiger partial charge on any atom is -0.482 e. The summed E-state index contributed by atoms with van der Waals surface area (Å²) in [6.07, 6.45) is 0. The van der Waals surface area contributed by atoms with Gasteiger partial charge in [0.1, 0.15) is 10.8 Å². The average molecular weight is 375 g/mol. The molecule has 0 fully saturated rings. The predicted molar refractivity (Wildman–Crippen MR) is 102 cm³/mol. The first kappa shape index (κ1) is 17.7. The second kappa shape index (κ2) is 7.42. The van der Waals surface area contributed by atoms with Crippen LogP contribution < -0.4 is 4.74 Å². The van der Waals surface area contributed by atoms with Crippen LogP contribution in [0.5, 0.6) is 5.75 Å². The van der Waals surface area contributed by atoms with Gasteiger partial charge in [0.2, 0.25) is 0 Å². The van der Waals surface area contributed by atoms with Crippen molar-refractivity contribution in [2.24, 2.45) is 0 Å². The lowest BCUT2D eigenvalue weighted by atomic mass is 10.2. The minimum atomic E-state index is -0.124. The van der Waals surface area contributed by atoms with Gasteiger partial charge in [0.25, 0.3) is 5.91 Å². The Balaban J connectivity index is 1.67. The van der Waals surface area contributed by atoms with Crippen LogP contribution in [0.25, 0.3) is 10.2 Å². The van der Waals surface area contributed by atoms with Crippen LogP contribution in [0.2, 0.25) is 5.02 Å². The zero-order chi connectivity index (χ0) is 18.0. The molecule has 0 unspecified atom stereocenters. The molecule has 3 aromatic rings. The topological polar surface area (TPSA) is 42.4 Å². The van der Waals surface area contributed by atoms with Gasteiger partial charge in [0, 0.05) is 7.05 Å². The fourth-order valence-corrected chi connectivity index (χ4v) is 3.65. The van der Waals surface area contributed by atoms with Gasteiger partial charge >= 0.3 is 0 Å². The van der Waals surface area contributed by atoms with E-state index in [1.807, 2.05) is 50.2 Å². The van der Waals surface area contributed by atoms with Crippen molar-refractivity contribution in [2.75, 3.05) is 13.7 Å². The summed E-state index contributed by atoms with van der Waals surface area (Å²) in [6.45, 7) is 3.86. The van der Waals surface area contributed by atoms with Crippen molar-refractivity contribution in [1.29, 1.82) is 0 Å². The molecule has 0 bridgehead atoms. The van der Waals surface area contributed by atoms with E-state index in [-0.39, 0.29) is 18.6 Å². The lowest BCUT2D eigenvalue weighted by Gasteiger charge is -2.23. The lowest BCUT2D eigenvalue weighted by Crippen LogP contribution is -2.33. The van der Waals surface area contributed by atoms with Gasteiger partial charge in [-0.15, -0.1) is 11.3 Å². The number of aromatic nitrogens is 1. The van der Waals surface area contributed by atoms with Crippen molar-refractivity contribution in [3.63, 3.8) is 0 Å². The van der Waals surface area contributed by atoms with E-state index < -0.39 is 0 Å². The van der Waals surface area contributed by atoms with Gasteiger partial charge in [0.05, 0.1) is 21.3 Å². The second-order valence-electron chi connectivity index (χ2n) is 5.92. The van der Waals surface area contributed by atoms with Crippen LogP contribution in [-0.4, -0.2) is 29.4 Å². The Kier molecular flexibility index (Phi) is 5.25. The molecule has 3 rings (SSSR count). The standard InChI is InChI=1S/C19H19ClN2O2S/c1-12-8-9-14(20)16(10-12)24-11-18(23)22(3)13(2)19-21-15-6-4-5-7-17(15)25-19/h4-10,13H,11H2,1-3H3/t13-/m0/s1. The molecule has 0 N–H and O–H groups in total. The van der Waals surface area contributed by atoms with Gasteiger partial charge in [-0.25, -0.2) is 4.98 Å². The Morgan fingerprint density at radius 3 is 2.84 bits per heavy atom. The lowest BCUT2D eigenvalue weighted by molar-refractivity contribution is -0.134. The van der Waals surface area contributed by atoms with Gasteiger partial charge in [-0.1, -0.05) is 29.8 Å². The van der Waals surface area contributed by atoms with Crippen molar-refractivity contribution >= 4 is 39.1 Å². The summed E-state index contributed by atoms with van der Waals surface area (Å²) in [7, 11) is 1.76. The van der Waals surface area contributed by atoms with Gasteiger partial charge in [-0.05, 0) is 43.7 Å². The maximum atomic E-state index is 12.5. The van der Waals surface area contributed by atoms with Crippen LogP contribution in [0.15, 0.2) is 42.5 Å². The molecular formula is C19H19ClN2O2S. The van der Waals surface area contributed by atoms with Crippen molar-refractivity contribution in [1.82, 2.24) is 9.88 Å². The third kappa shape index (κ3) is 3.94. The number of benzene rings is 2. The van der Waals surface area contributed by atoms with Crippen LogP contribution in [0, 0.1) is 6.92 Å². The van der Waals surface area contributed by atoms with E-state index in [1.165, 1.54) is 0 Å². The molecule has 2 aromatic carbocycles. The molecule has 1 heterocycles. The molecule has 0 aliphatic carbocycles. The molecule has 0 saturated heterocycles. The van der Waals surface area contributed by atoms with E-state index in [0.29, 0.717) is 10.8 Å². The summed E-state index contributed by atoms with van der Waals surface area (Å²) in [5, 5.41) is 1.41. The number of likely N-dealkylation sites (N-methyl/N-ethyl adjacent to an activating group) is 1. The average Bonchev–Trinajstić information content (AvgIpc) is 3.05. The molecule has 0 aliphatic rings. The Labute approximate surface area is 156 Å². The Bertz CT molecular complexity index is 876. The number of carbonyl (C=O) groups excluding carboxylic acids is 1. The summed E-state index contributed by atoms with van der Waals surface area (Å²) in [5.74, 6) is 0.403. The SMILES string of the molecule is Cc1ccc(Cl)c(OCC(=O)N(C)[C@@H](C)c2nc3ccccc3s2)c1. The van der Waals surface area contributed by atoms with Crippen LogP contribution >= 0.6 is 22.9 Å². The van der Waals surface area contributed by atoms with Gasteiger partial charge in [-0.3, -0.25) is 4.79 Å². The first-order chi connectivity index (χ1) is 12.0. The maximum absolute atomic E-state index is 12.5. The number of hydrogen-bond donors (Lipinski definition) is 0. The molecule has 0 spiro atoms. The number of aryl methyl sites for hydroxylation is 1. The third-order valence-corrected chi connectivity index (χ3v) is 5.60. The van der Waals surface area contributed by atoms with Gasteiger partial charge in [0.15, 0.2) is 6.61 Å². The number of halogens is 1. The zero-order valence-electron chi connectivity index (χ0n) is 14.3. The number of fused-ring (bicyclic) bond motifs is 1. The van der Waals surface area contributed by atoms with Crippen LogP contribution in [0.3, 0.4) is 0 Å². The maximum Gasteiger partial charge on any atom is 0.260 e. The Hall–Kier alpha value is -2.11. The fourth-order valence-electron chi connectivity index (χ4n) is 2.41. The van der Waals surface area contributed by atoms with E-state index >= 15 is 0 Å². The summed E-state index contributed by atoms with van der Waals surface area (Å²) < 4.78 is 6.72. The first-order valence-electron chi connectivity index (χ1n) is 7.96. The van der Waals surface area contributed by atoms with Gasteiger partial charge in [-0.2, -0.15) is 0 Å². The third-order valence-electron chi connectivity index (χ3n) is 4.08. The van der Waals surface area contributed by atoms with Crippen molar-refractivity contribution < 1.29 is 9.53 Å². The molecule has 1 amide bonds. The summed E-state index contributed by atoms with van der Waals surface area (Å²) in [5.41, 5.74) is 1.99. The normalized spacial score (nSPS) is 12.2. The summed E-state index contributed by atoms with van der Waals surface area (Å²) >= 11 is 7.71. The first-order valence-corrected chi connectivity index (χ1v) is 9.15. The molecule has 0 radical (unpaired) electrons. The summed E-state index contributed by atoms with van der Waals surface area (Å²) in [4.78, 5) is 18.8. The highest BCUT2D eigenvalue weighted by molar-refractivity contribution is 7.18. The molecule has 1 atom stereocenters. The highest BCUT2D eigenvalue weighted by Crippen LogP contribution is 2.29. The van der Waals surface area contributed by atoms with Gasteiger partial charge < -0.3 is 9.64 Å². The van der Waals surface area contributed by atoms with Crippen LogP contribution in [-0.2, 0) is 4.79 Å². The number of para-hydroxylation sites is 1. The molecule has 130 valence electrons. The van der Waals surface area contributed by atoms with Crippen molar-refractivity contribution in [2.45, 2.75) is 19.9 Å². The van der Waals surface area contributed by atoms with Crippen LogP contribution in [0.1, 0.15) is 23.5 Å². The highest BCUT2D eigenvalue weighted by atomic mass is 35.5. The van der Waals surface area contributed by atoms with E-state index in [9.17, 15) is 4.79 Å². The highest BCUT2D eigenvalue weighted by Gasteiger charge is 2.21. The molecule has 6 heteroatoms. The molecule has 1 aromatic heterocycles. The number of nitrogens with zero attached hydrogens (tertiary/aromatic N) is 2. The smallest absolute Gasteiger partial charge is 0.260 e. The number of thiazole rings is 1. The quantitative estimate of drug-likeness (QED) is 0.640. The molecule has 0 saturated carbocycles. The predicted octanol–water partition coefficient (Wildman–Crippen LogP) is 4.86. The number of rotatable bonds is 5. The minimum absolute atomic E-state index is 0.0606. The number of amides is 1. The fraction of sp³-hybridized carbons (Fsp3) is 0.263. The number of hydrogen-bond acceptors (Lipinski definition) is 4. The number of ether oxygens (including phenoxy) is 1. The van der Waals surface area contributed by atoms with E-state index in [4.69, 9.17) is 16.3 Å². The zero-order valence-corrected chi connectivity index (χ0v) is 15.9. The Morgan fingerprint density at radius 1 is 1.32 bits per heavy atom. The second-order valence-corrected chi connectivity index (χ2v) is 7.39. The number of carbonyl (C=O) groups is 1. The largest absolute Gasteiger partial charge is 0.482 e. The van der Waals surface area contributed by atoms with Crippen molar-refractivity contribution in [3.8, 4) is 5.75 Å².